The summed E-state index contributed by atoms with van der Waals surface area (Å²) in [5.74, 6) is 0. The van der Waals surface area contributed by atoms with Gasteiger partial charge in [0.25, 0.3) is 0 Å². The molecule has 134 valence electrons. The zero-order valence-electron chi connectivity index (χ0n) is 15.6. The molecule has 0 amide bonds. The van der Waals surface area contributed by atoms with Crippen LogP contribution in [0, 0.1) is 0 Å². The maximum Gasteiger partial charge on any atom is 0.192 e. The third-order valence-electron chi connectivity index (χ3n) is 5.15. The fourth-order valence-electron chi connectivity index (χ4n) is 2.22. The van der Waals surface area contributed by atoms with Crippen molar-refractivity contribution >= 4 is 8.32 Å². The standard InChI is InChI=1S/C18H34O4Si/c1-17(2,3)23(5,6)22-13-10-15-8-9-16(20)18(4,21-14-15)11-7-12-19/h7,10-11,16,19-20H,8-9,12-14H2,1-6H3/b11-7+,15-10+/t16-,18+/m1/s1. The third kappa shape index (κ3) is 5.83. The van der Waals surface area contributed by atoms with Gasteiger partial charge in [0.1, 0.15) is 5.60 Å². The molecule has 1 rings (SSSR count). The lowest BCUT2D eigenvalue weighted by Gasteiger charge is -2.35. The van der Waals surface area contributed by atoms with Gasteiger partial charge in [0.2, 0.25) is 0 Å². The number of rotatable bonds is 5. The Morgan fingerprint density at radius 3 is 2.61 bits per heavy atom. The lowest BCUT2D eigenvalue weighted by molar-refractivity contribution is -0.0654. The van der Waals surface area contributed by atoms with Crippen LogP contribution in [0.3, 0.4) is 0 Å². The summed E-state index contributed by atoms with van der Waals surface area (Å²) in [5, 5.41) is 19.4. The van der Waals surface area contributed by atoms with Gasteiger partial charge in [-0.15, -0.1) is 0 Å². The van der Waals surface area contributed by atoms with Crippen LogP contribution in [0.4, 0.5) is 0 Å². The number of aliphatic hydroxyl groups excluding tert-OH is 2. The van der Waals surface area contributed by atoms with Crippen molar-refractivity contribution in [2.45, 2.75) is 70.4 Å². The minimum atomic E-state index is -1.74. The molecule has 4 nitrogen and oxygen atoms in total. The maximum absolute atomic E-state index is 10.3. The maximum atomic E-state index is 10.3. The van der Waals surface area contributed by atoms with Crippen LogP contribution in [0.25, 0.3) is 0 Å². The lowest BCUT2D eigenvalue weighted by atomic mass is 9.94. The van der Waals surface area contributed by atoms with Crippen molar-refractivity contribution in [3.63, 3.8) is 0 Å². The van der Waals surface area contributed by atoms with E-state index < -0.39 is 20.0 Å². The first-order valence-electron chi connectivity index (χ1n) is 8.44. The molecule has 5 heteroatoms. The van der Waals surface area contributed by atoms with Crippen molar-refractivity contribution in [2.24, 2.45) is 0 Å². The quantitative estimate of drug-likeness (QED) is 0.594. The van der Waals surface area contributed by atoms with Gasteiger partial charge in [-0.05, 0) is 43.5 Å². The van der Waals surface area contributed by atoms with Gasteiger partial charge in [-0.1, -0.05) is 39.0 Å². The molecular weight excluding hydrogens is 308 g/mol. The summed E-state index contributed by atoms with van der Waals surface area (Å²) in [7, 11) is -1.74. The van der Waals surface area contributed by atoms with Crippen LogP contribution >= 0.6 is 0 Å². The van der Waals surface area contributed by atoms with E-state index in [9.17, 15) is 5.11 Å². The molecule has 0 aromatic heterocycles. The van der Waals surface area contributed by atoms with Crippen LogP contribution in [-0.4, -0.2) is 50.1 Å². The molecule has 2 N–H and O–H groups in total. The highest BCUT2D eigenvalue weighted by Gasteiger charge is 2.37. The predicted octanol–water partition coefficient (Wildman–Crippen LogP) is 3.41. The predicted molar refractivity (Wildman–Crippen MR) is 97.1 cm³/mol. The molecule has 1 aliphatic heterocycles. The molecule has 0 bridgehead atoms. The molecule has 1 saturated heterocycles. The summed E-state index contributed by atoms with van der Waals surface area (Å²) < 4.78 is 12.1. The Kier molecular flexibility index (Phi) is 7.23. The van der Waals surface area contributed by atoms with Crippen LogP contribution < -0.4 is 0 Å². The molecule has 23 heavy (non-hydrogen) atoms. The first-order valence-corrected chi connectivity index (χ1v) is 11.3. The van der Waals surface area contributed by atoms with E-state index >= 15 is 0 Å². The first kappa shape index (κ1) is 20.6. The summed E-state index contributed by atoms with van der Waals surface area (Å²) in [4.78, 5) is 0. The Morgan fingerprint density at radius 1 is 1.39 bits per heavy atom. The lowest BCUT2D eigenvalue weighted by Crippen LogP contribution is -2.40. The Morgan fingerprint density at radius 2 is 2.04 bits per heavy atom. The van der Waals surface area contributed by atoms with Gasteiger partial charge in [-0.3, -0.25) is 0 Å². The molecule has 0 spiro atoms. The van der Waals surface area contributed by atoms with E-state index in [1.165, 1.54) is 5.57 Å². The SMILES string of the molecule is CC(C)(C)[Si](C)(C)OC/C=C1\CC[C@@H](O)[C@](C)(/C=C/CO)OC1. The molecule has 0 aliphatic carbocycles. The van der Waals surface area contributed by atoms with E-state index in [0.29, 0.717) is 19.6 Å². The minimum Gasteiger partial charge on any atom is -0.413 e. The molecule has 0 aromatic rings. The smallest absolute Gasteiger partial charge is 0.192 e. The van der Waals surface area contributed by atoms with Gasteiger partial charge in [-0.2, -0.15) is 0 Å². The van der Waals surface area contributed by atoms with E-state index in [4.69, 9.17) is 14.3 Å². The van der Waals surface area contributed by atoms with E-state index in [-0.39, 0.29) is 11.6 Å². The average Bonchev–Trinajstić information content (AvgIpc) is 2.58. The normalized spacial score (nSPS) is 29.2. The average molecular weight is 343 g/mol. The number of hydrogen-bond acceptors (Lipinski definition) is 4. The number of ether oxygens (including phenoxy) is 1. The molecular formula is C18H34O4Si. The molecule has 0 radical (unpaired) electrons. The summed E-state index contributed by atoms with van der Waals surface area (Å²) in [6.07, 6.45) is 6.38. The zero-order valence-corrected chi connectivity index (χ0v) is 16.6. The van der Waals surface area contributed by atoms with Crippen molar-refractivity contribution in [1.82, 2.24) is 0 Å². The van der Waals surface area contributed by atoms with Gasteiger partial charge in [0, 0.05) is 0 Å². The van der Waals surface area contributed by atoms with E-state index in [0.717, 1.165) is 6.42 Å². The van der Waals surface area contributed by atoms with Crippen LogP contribution in [0.2, 0.25) is 18.1 Å². The fourth-order valence-corrected chi connectivity index (χ4v) is 3.15. The van der Waals surface area contributed by atoms with E-state index in [1.54, 1.807) is 12.2 Å². The van der Waals surface area contributed by atoms with Crippen LogP contribution in [0.1, 0.15) is 40.5 Å². The molecule has 0 unspecified atom stereocenters. The van der Waals surface area contributed by atoms with Gasteiger partial charge in [0.15, 0.2) is 8.32 Å². The van der Waals surface area contributed by atoms with Crippen molar-refractivity contribution in [1.29, 1.82) is 0 Å². The Hall–Kier alpha value is -0.463. The zero-order chi connectivity index (χ0) is 17.7. The van der Waals surface area contributed by atoms with Gasteiger partial charge in [0.05, 0.1) is 25.9 Å². The number of hydrogen-bond donors (Lipinski definition) is 2. The summed E-state index contributed by atoms with van der Waals surface area (Å²) in [6, 6.07) is 0. The Bertz CT molecular complexity index is 437. The second kappa shape index (κ2) is 8.08. The third-order valence-corrected chi connectivity index (χ3v) is 9.65. The molecule has 1 aliphatic rings. The van der Waals surface area contributed by atoms with Crippen LogP contribution in [-0.2, 0) is 9.16 Å². The van der Waals surface area contributed by atoms with Crippen molar-refractivity contribution in [2.75, 3.05) is 19.8 Å². The van der Waals surface area contributed by atoms with Crippen LogP contribution in [0.15, 0.2) is 23.8 Å². The topological polar surface area (TPSA) is 58.9 Å². The van der Waals surface area contributed by atoms with Crippen molar-refractivity contribution in [3.8, 4) is 0 Å². The van der Waals surface area contributed by atoms with Gasteiger partial charge in [-0.25, -0.2) is 0 Å². The van der Waals surface area contributed by atoms with Gasteiger partial charge >= 0.3 is 0 Å². The highest BCUT2D eigenvalue weighted by atomic mass is 28.4. The molecule has 0 aromatic carbocycles. The highest BCUT2D eigenvalue weighted by Crippen LogP contribution is 2.36. The monoisotopic (exact) mass is 342 g/mol. The first-order chi connectivity index (χ1) is 10.5. The molecule has 2 atom stereocenters. The molecule has 1 fully saturated rings. The second-order valence-electron chi connectivity index (χ2n) is 8.05. The van der Waals surface area contributed by atoms with E-state index in [1.807, 2.05) is 6.92 Å². The molecule has 1 heterocycles. The van der Waals surface area contributed by atoms with Crippen molar-refractivity contribution < 1.29 is 19.4 Å². The summed E-state index contributed by atoms with van der Waals surface area (Å²) in [5.41, 5.74) is 0.433. The Labute approximate surface area is 142 Å². The number of aliphatic hydroxyl groups is 2. The summed E-state index contributed by atoms with van der Waals surface area (Å²) >= 11 is 0. The second-order valence-corrected chi connectivity index (χ2v) is 12.9. The minimum absolute atomic E-state index is 0.0469. The fraction of sp³-hybridized carbons (Fsp3) is 0.778. The summed E-state index contributed by atoms with van der Waals surface area (Å²) in [6.45, 7) is 14.1. The van der Waals surface area contributed by atoms with Crippen molar-refractivity contribution in [3.05, 3.63) is 23.8 Å². The van der Waals surface area contributed by atoms with Gasteiger partial charge < -0.3 is 19.4 Å². The van der Waals surface area contributed by atoms with E-state index in [2.05, 4.69) is 39.9 Å². The Balaban J connectivity index is 2.65. The largest absolute Gasteiger partial charge is 0.413 e. The molecule has 0 saturated carbocycles. The van der Waals surface area contributed by atoms with Crippen LogP contribution in [0.5, 0.6) is 0 Å². The highest BCUT2D eigenvalue weighted by molar-refractivity contribution is 6.74.